The Morgan fingerprint density at radius 3 is 2.15 bits per heavy atom. The molecule has 0 saturated carbocycles. The molecule has 2 N–H and O–H groups in total. The first-order valence-electron chi connectivity index (χ1n) is 10.2. The molecule has 0 fully saturated rings. The van der Waals surface area contributed by atoms with E-state index in [-0.39, 0.29) is 17.5 Å². The first-order valence-corrected chi connectivity index (χ1v) is 10.2. The molecule has 2 amide bonds. The highest BCUT2D eigenvalue weighted by molar-refractivity contribution is 6.10. The van der Waals surface area contributed by atoms with Gasteiger partial charge in [0.2, 0.25) is 0 Å². The Labute approximate surface area is 191 Å². The van der Waals surface area contributed by atoms with Crippen LogP contribution in [0.5, 0.6) is 5.75 Å². The van der Waals surface area contributed by atoms with Crippen molar-refractivity contribution in [1.29, 1.82) is 0 Å². The number of nitrogens with zero attached hydrogens (tertiary/aromatic N) is 1. The molecule has 0 aliphatic rings. The predicted molar refractivity (Wildman–Crippen MR) is 126 cm³/mol. The van der Waals surface area contributed by atoms with Gasteiger partial charge in [0.15, 0.2) is 0 Å². The minimum Gasteiger partial charge on any atom is -0.491 e. The zero-order valence-corrected chi connectivity index (χ0v) is 18.1. The first-order chi connectivity index (χ1) is 15.8. The fourth-order valence-electron chi connectivity index (χ4n) is 2.89. The normalized spacial score (nSPS) is 11.1. The van der Waals surface area contributed by atoms with Crippen LogP contribution in [0.2, 0.25) is 0 Å². The second-order valence-electron chi connectivity index (χ2n) is 7.37. The van der Waals surface area contributed by atoms with Gasteiger partial charge in [0, 0.05) is 23.4 Å². The lowest BCUT2D eigenvalue weighted by Gasteiger charge is -2.12. The molecule has 3 aromatic carbocycles. The molecular weight excluding hydrogens is 422 g/mol. The highest BCUT2D eigenvalue weighted by Gasteiger charge is 2.16. The molecular formula is C25H23N3O5. The standard InChI is InChI=1S/C25H23N3O5/c1-17(2)33-22-14-8-18(9-15-22)16-23(27-24(29)19-6-4-3-5-7-19)25(30)26-20-10-12-21(13-11-20)28(31)32/h3-17H,1-2H3,(H,26,30)(H,27,29)/b23-16+. The molecule has 33 heavy (non-hydrogen) atoms. The molecule has 0 aliphatic carbocycles. The molecule has 8 nitrogen and oxygen atoms in total. The fraction of sp³-hybridized carbons (Fsp3) is 0.120. The van der Waals surface area contributed by atoms with E-state index in [1.165, 1.54) is 24.3 Å². The van der Waals surface area contributed by atoms with Gasteiger partial charge in [0.1, 0.15) is 11.4 Å². The third-order valence-corrected chi connectivity index (χ3v) is 4.43. The van der Waals surface area contributed by atoms with Crippen LogP contribution in [0.25, 0.3) is 6.08 Å². The zero-order valence-electron chi connectivity index (χ0n) is 18.1. The summed E-state index contributed by atoms with van der Waals surface area (Å²) in [6.45, 7) is 3.85. The van der Waals surface area contributed by atoms with Crippen LogP contribution in [0.4, 0.5) is 11.4 Å². The van der Waals surface area contributed by atoms with E-state index in [4.69, 9.17) is 4.74 Å². The van der Waals surface area contributed by atoms with E-state index in [0.29, 0.717) is 22.6 Å². The van der Waals surface area contributed by atoms with E-state index in [0.717, 1.165) is 0 Å². The van der Waals surface area contributed by atoms with E-state index < -0.39 is 16.7 Å². The van der Waals surface area contributed by atoms with E-state index in [2.05, 4.69) is 10.6 Å². The second kappa shape index (κ2) is 10.7. The lowest BCUT2D eigenvalue weighted by molar-refractivity contribution is -0.384. The van der Waals surface area contributed by atoms with Gasteiger partial charge in [-0.25, -0.2) is 0 Å². The molecule has 0 aliphatic heterocycles. The Balaban J connectivity index is 1.85. The number of benzene rings is 3. The Kier molecular flexibility index (Phi) is 7.54. The molecule has 168 valence electrons. The molecule has 3 rings (SSSR count). The van der Waals surface area contributed by atoms with Gasteiger partial charge in [-0.15, -0.1) is 0 Å². The number of rotatable bonds is 8. The molecule has 0 radical (unpaired) electrons. The zero-order chi connectivity index (χ0) is 23.8. The van der Waals surface area contributed by atoms with Crippen molar-refractivity contribution in [1.82, 2.24) is 5.32 Å². The fourth-order valence-corrected chi connectivity index (χ4v) is 2.89. The highest BCUT2D eigenvalue weighted by atomic mass is 16.6. The van der Waals surface area contributed by atoms with Crippen molar-refractivity contribution in [3.8, 4) is 5.75 Å². The van der Waals surface area contributed by atoms with Crippen LogP contribution >= 0.6 is 0 Å². The summed E-state index contributed by atoms with van der Waals surface area (Å²) in [4.78, 5) is 35.9. The van der Waals surface area contributed by atoms with Crippen molar-refractivity contribution in [2.24, 2.45) is 0 Å². The third-order valence-electron chi connectivity index (χ3n) is 4.43. The summed E-state index contributed by atoms with van der Waals surface area (Å²) in [6.07, 6.45) is 1.57. The largest absolute Gasteiger partial charge is 0.491 e. The maximum atomic E-state index is 13.0. The quantitative estimate of drug-likeness (QED) is 0.294. The summed E-state index contributed by atoms with van der Waals surface area (Å²) in [5.41, 5.74) is 1.34. The molecule has 0 saturated heterocycles. The van der Waals surface area contributed by atoms with Crippen LogP contribution in [0.1, 0.15) is 29.8 Å². The number of anilines is 1. The molecule has 0 spiro atoms. The van der Waals surface area contributed by atoms with E-state index in [1.54, 1.807) is 60.7 Å². The predicted octanol–water partition coefficient (Wildman–Crippen LogP) is 4.79. The number of non-ortho nitro benzene ring substituents is 1. The van der Waals surface area contributed by atoms with Crippen molar-refractivity contribution in [2.45, 2.75) is 20.0 Å². The Morgan fingerprint density at radius 2 is 1.58 bits per heavy atom. The van der Waals surface area contributed by atoms with Crippen molar-refractivity contribution in [3.05, 3.63) is 106 Å². The molecule has 0 aromatic heterocycles. The van der Waals surface area contributed by atoms with Crippen LogP contribution in [-0.2, 0) is 4.79 Å². The maximum Gasteiger partial charge on any atom is 0.272 e. The van der Waals surface area contributed by atoms with Gasteiger partial charge in [-0.05, 0) is 61.9 Å². The van der Waals surface area contributed by atoms with Gasteiger partial charge >= 0.3 is 0 Å². The lowest BCUT2D eigenvalue weighted by Crippen LogP contribution is -2.30. The van der Waals surface area contributed by atoms with Gasteiger partial charge < -0.3 is 15.4 Å². The average molecular weight is 445 g/mol. The summed E-state index contributed by atoms with van der Waals surface area (Å²) in [5, 5.41) is 16.1. The smallest absolute Gasteiger partial charge is 0.272 e. The van der Waals surface area contributed by atoms with Crippen LogP contribution in [-0.4, -0.2) is 22.8 Å². The van der Waals surface area contributed by atoms with E-state index in [1.807, 2.05) is 13.8 Å². The number of nitrogens with one attached hydrogen (secondary N) is 2. The number of amides is 2. The van der Waals surface area contributed by atoms with Gasteiger partial charge in [-0.1, -0.05) is 30.3 Å². The molecule has 0 atom stereocenters. The first kappa shape index (κ1) is 23.2. The van der Waals surface area contributed by atoms with Gasteiger partial charge in [0.05, 0.1) is 11.0 Å². The number of carbonyl (C=O) groups excluding carboxylic acids is 2. The van der Waals surface area contributed by atoms with Crippen molar-refractivity contribution >= 4 is 29.3 Å². The summed E-state index contributed by atoms with van der Waals surface area (Å²) in [5.74, 6) is -0.330. The van der Waals surface area contributed by atoms with Crippen LogP contribution in [0, 0.1) is 10.1 Å². The number of nitro benzene ring substituents is 1. The molecule has 3 aromatic rings. The number of hydrogen-bond acceptors (Lipinski definition) is 5. The second-order valence-corrected chi connectivity index (χ2v) is 7.37. The van der Waals surface area contributed by atoms with Crippen molar-refractivity contribution in [3.63, 3.8) is 0 Å². The SMILES string of the molecule is CC(C)Oc1ccc(/C=C(/NC(=O)c2ccccc2)C(=O)Nc2ccc([N+](=O)[O-])cc2)cc1. The van der Waals surface area contributed by atoms with Crippen molar-refractivity contribution < 1.29 is 19.2 Å². The summed E-state index contributed by atoms with van der Waals surface area (Å²) in [6, 6.07) is 21.0. The van der Waals surface area contributed by atoms with Crippen LogP contribution in [0.15, 0.2) is 84.6 Å². The number of nitro groups is 1. The van der Waals surface area contributed by atoms with E-state index in [9.17, 15) is 19.7 Å². The number of hydrogen-bond donors (Lipinski definition) is 2. The topological polar surface area (TPSA) is 111 Å². The molecule has 0 bridgehead atoms. The number of ether oxygens (including phenoxy) is 1. The van der Waals surface area contributed by atoms with Gasteiger partial charge in [-0.2, -0.15) is 0 Å². The third kappa shape index (κ3) is 6.76. The summed E-state index contributed by atoms with van der Waals surface area (Å²) in [7, 11) is 0. The van der Waals surface area contributed by atoms with Crippen molar-refractivity contribution in [2.75, 3.05) is 5.32 Å². The number of carbonyl (C=O) groups is 2. The van der Waals surface area contributed by atoms with Gasteiger partial charge in [0.25, 0.3) is 17.5 Å². The highest BCUT2D eigenvalue weighted by Crippen LogP contribution is 2.18. The maximum absolute atomic E-state index is 13.0. The minimum absolute atomic E-state index is 0.0136. The Bertz CT molecular complexity index is 1150. The molecule has 0 unspecified atom stereocenters. The van der Waals surface area contributed by atoms with Gasteiger partial charge in [-0.3, -0.25) is 19.7 Å². The van der Waals surface area contributed by atoms with E-state index >= 15 is 0 Å². The summed E-state index contributed by atoms with van der Waals surface area (Å²) >= 11 is 0. The lowest BCUT2D eigenvalue weighted by atomic mass is 10.1. The summed E-state index contributed by atoms with van der Waals surface area (Å²) < 4.78 is 5.63. The Hall–Kier alpha value is -4.46. The average Bonchev–Trinajstić information content (AvgIpc) is 2.80. The molecule has 0 heterocycles. The minimum atomic E-state index is -0.573. The van der Waals surface area contributed by atoms with Crippen LogP contribution < -0.4 is 15.4 Å². The van der Waals surface area contributed by atoms with Crippen LogP contribution in [0.3, 0.4) is 0 Å². The Morgan fingerprint density at radius 1 is 0.939 bits per heavy atom. The monoisotopic (exact) mass is 445 g/mol. The molecule has 8 heteroatoms.